The van der Waals surface area contributed by atoms with E-state index in [1.807, 2.05) is 26.0 Å². The highest BCUT2D eigenvalue weighted by atomic mass is 14.9. The highest BCUT2D eigenvalue weighted by Gasteiger charge is 2.03. The van der Waals surface area contributed by atoms with Gasteiger partial charge in [0.1, 0.15) is 0 Å². The topological polar surface area (TPSA) is 12.0 Å². The first-order valence-corrected chi connectivity index (χ1v) is 8.59. The van der Waals surface area contributed by atoms with E-state index in [1.54, 1.807) is 0 Å². The van der Waals surface area contributed by atoms with E-state index in [-0.39, 0.29) is 0 Å². The maximum Gasteiger partial charge on any atom is 0.0403 e. The van der Waals surface area contributed by atoms with Crippen molar-refractivity contribution in [3.63, 3.8) is 0 Å². The first kappa shape index (κ1) is 18.5. The molecule has 0 saturated heterocycles. The second-order valence-corrected chi connectivity index (χ2v) is 6.27. The molecule has 0 aromatic heterocycles. The number of nitrogens with one attached hydrogen (secondary N) is 1. The highest BCUT2D eigenvalue weighted by Crippen LogP contribution is 2.22. The normalized spacial score (nSPS) is 11.6. The number of aryl methyl sites for hydroxylation is 1. The van der Waals surface area contributed by atoms with Crippen LogP contribution in [0.1, 0.15) is 25.0 Å². The summed E-state index contributed by atoms with van der Waals surface area (Å²) in [6.07, 6.45) is 6.13. The molecular formula is C24H27N. The van der Waals surface area contributed by atoms with Crippen LogP contribution in [0.25, 0.3) is 16.8 Å². The van der Waals surface area contributed by atoms with Crippen LogP contribution < -0.4 is 5.32 Å². The van der Waals surface area contributed by atoms with Crippen LogP contribution in [-0.2, 0) is 0 Å². The monoisotopic (exact) mass is 329 g/mol. The number of hydrogen-bond acceptors (Lipinski definition) is 1. The van der Waals surface area contributed by atoms with Gasteiger partial charge in [-0.05, 0) is 43.0 Å². The molecule has 0 atom stereocenters. The molecule has 2 aromatic rings. The molecule has 2 rings (SSSR count). The van der Waals surface area contributed by atoms with Gasteiger partial charge in [0, 0.05) is 12.2 Å². The van der Waals surface area contributed by atoms with Crippen molar-refractivity contribution in [2.45, 2.75) is 20.8 Å². The number of benzene rings is 2. The van der Waals surface area contributed by atoms with Crippen LogP contribution in [0, 0.1) is 6.92 Å². The lowest BCUT2D eigenvalue weighted by Gasteiger charge is -2.13. The molecule has 0 aliphatic heterocycles. The zero-order valence-corrected chi connectivity index (χ0v) is 15.5. The van der Waals surface area contributed by atoms with Gasteiger partial charge in [-0.3, -0.25) is 0 Å². The minimum Gasteiger partial charge on any atom is -0.381 e. The summed E-state index contributed by atoms with van der Waals surface area (Å²) in [6.45, 7) is 15.1. The molecule has 0 spiro atoms. The van der Waals surface area contributed by atoms with Crippen LogP contribution >= 0.6 is 0 Å². The minimum atomic E-state index is 0.720. The fourth-order valence-corrected chi connectivity index (χ4v) is 2.48. The first-order valence-electron chi connectivity index (χ1n) is 8.59. The molecule has 0 aliphatic rings. The predicted molar refractivity (Wildman–Crippen MR) is 111 cm³/mol. The molecule has 0 amide bonds. The fraction of sp³-hybridized carbons (Fsp3) is 0.167. The predicted octanol–water partition coefficient (Wildman–Crippen LogP) is 6.30. The van der Waals surface area contributed by atoms with Crippen molar-refractivity contribution in [2.24, 2.45) is 0 Å². The summed E-state index contributed by atoms with van der Waals surface area (Å²) in [6, 6.07) is 17.1. The van der Waals surface area contributed by atoms with E-state index in [2.05, 4.69) is 80.0 Å². The summed E-state index contributed by atoms with van der Waals surface area (Å²) in [4.78, 5) is 0. The number of hydrogen-bond donors (Lipinski definition) is 1. The molecule has 1 nitrogen and oxygen atoms in total. The molecule has 0 unspecified atom stereocenters. The third-order valence-electron chi connectivity index (χ3n) is 4.15. The molecular weight excluding hydrogens is 302 g/mol. The molecule has 1 N–H and O–H groups in total. The van der Waals surface area contributed by atoms with E-state index >= 15 is 0 Å². The van der Waals surface area contributed by atoms with E-state index in [0.29, 0.717) is 0 Å². The van der Waals surface area contributed by atoms with Gasteiger partial charge in [-0.25, -0.2) is 0 Å². The Kier molecular flexibility index (Phi) is 6.59. The Balaban J connectivity index is 2.05. The van der Waals surface area contributed by atoms with Gasteiger partial charge in [0.25, 0.3) is 0 Å². The number of allylic oxidation sites excluding steroid dienone is 3. The molecule has 1 heteroatoms. The van der Waals surface area contributed by atoms with Gasteiger partial charge in [0.15, 0.2) is 0 Å². The quantitative estimate of drug-likeness (QED) is 0.588. The minimum absolute atomic E-state index is 0.720. The molecule has 0 saturated carbocycles. The Labute approximate surface area is 152 Å². The van der Waals surface area contributed by atoms with Gasteiger partial charge in [-0.15, -0.1) is 0 Å². The molecule has 25 heavy (non-hydrogen) atoms. The van der Waals surface area contributed by atoms with E-state index in [0.717, 1.165) is 23.4 Å². The molecule has 0 heterocycles. The third-order valence-corrected chi connectivity index (χ3v) is 4.15. The summed E-state index contributed by atoms with van der Waals surface area (Å²) in [7, 11) is 0. The van der Waals surface area contributed by atoms with Gasteiger partial charge in [0.2, 0.25) is 0 Å². The number of rotatable bonds is 7. The molecule has 0 bridgehead atoms. The second-order valence-electron chi connectivity index (χ2n) is 6.27. The van der Waals surface area contributed by atoms with E-state index in [4.69, 9.17) is 0 Å². The maximum absolute atomic E-state index is 4.16. The molecule has 0 aliphatic carbocycles. The van der Waals surface area contributed by atoms with Gasteiger partial charge in [0.05, 0.1) is 0 Å². The first-order chi connectivity index (χ1) is 12.0. The Hall–Kier alpha value is -2.80. The summed E-state index contributed by atoms with van der Waals surface area (Å²) in [5.41, 5.74) is 7.98. The SMILES string of the molecule is C=C(C)/C(=C\C=C/C)CNC(=C)c1ccc(-c2ccc(C)cc2)cc1. The fourth-order valence-electron chi connectivity index (χ4n) is 2.48. The van der Waals surface area contributed by atoms with Crippen molar-refractivity contribution in [1.82, 2.24) is 5.32 Å². The van der Waals surface area contributed by atoms with Crippen LogP contribution in [0.2, 0.25) is 0 Å². The van der Waals surface area contributed by atoms with Crippen molar-refractivity contribution < 1.29 is 0 Å². The zero-order valence-electron chi connectivity index (χ0n) is 15.5. The highest BCUT2D eigenvalue weighted by molar-refractivity contribution is 5.69. The smallest absolute Gasteiger partial charge is 0.0403 e. The zero-order chi connectivity index (χ0) is 18.2. The lowest BCUT2D eigenvalue weighted by Crippen LogP contribution is -2.15. The van der Waals surface area contributed by atoms with Crippen LogP contribution in [0.5, 0.6) is 0 Å². The summed E-state index contributed by atoms with van der Waals surface area (Å²) in [5.74, 6) is 0. The second kappa shape index (κ2) is 8.89. The molecule has 128 valence electrons. The molecule has 0 fully saturated rings. The maximum atomic E-state index is 4.16. The van der Waals surface area contributed by atoms with Crippen molar-refractivity contribution >= 4 is 5.70 Å². The lowest BCUT2D eigenvalue weighted by atomic mass is 10.0. The van der Waals surface area contributed by atoms with Crippen molar-refractivity contribution in [3.8, 4) is 11.1 Å². The largest absolute Gasteiger partial charge is 0.381 e. The summed E-state index contributed by atoms with van der Waals surface area (Å²) in [5, 5.41) is 3.40. The van der Waals surface area contributed by atoms with E-state index < -0.39 is 0 Å². The third kappa shape index (κ3) is 5.36. The molecule has 0 radical (unpaired) electrons. The van der Waals surface area contributed by atoms with Crippen LogP contribution in [0.3, 0.4) is 0 Å². The van der Waals surface area contributed by atoms with E-state index in [9.17, 15) is 0 Å². The van der Waals surface area contributed by atoms with Gasteiger partial charge in [-0.1, -0.05) is 91.1 Å². The average Bonchev–Trinajstić information content (AvgIpc) is 2.62. The molecule has 2 aromatic carbocycles. The van der Waals surface area contributed by atoms with Gasteiger partial charge < -0.3 is 5.32 Å². The Morgan fingerprint density at radius 2 is 1.52 bits per heavy atom. The van der Waals surface area contributed by atoms with Gasteiger partial charge in [-0.2, -0.15) is 0 Å². The Morgan fingerprint density at radius 1 is 0.960 bits per heavy atom. The standard InChI is InChI=1S/C24H27N/c1-6-7-8-24(18(2)3)17-25-20(5)21-13-15-23(16-14-21)22-11-9-19(4)10-12-22/h6-16,25H,2,5,17H2,1,3-4H3/b7-6-,24-8-. The summed E-state index contributed by atoms with van der Waals surface area (Å²) >= 11 is 0. The van der Waals surface area contributed by atoms with Crippen molar-refractivity contribution in [3.05, 3.63) is 102 Å². The summed E-state index contributed by atoms with van der Waals surface area (Å²) < 4.78 is 0. The Morgan fingerprint density at radius 3 is 2.04 bits per heavy atom. The van der Waals surface area contributed by atoms with Crippen LogP contribution in [0.4, 0.5) is 0 Å². The lowest BCUT2D eigenvalue weighted by molar-refractivity contribution is 0.965. The van der Waals surface area contributed by atoms with Crippen molar-refractivity contribution in [1.29, 1.82) is 0 Å². The van der Waals surface area contributed by atoms with Crippen molar-refractivity contribution in [2.75, 3.05) is 6.54 Å². The van der Waals surface area contributed by atoms with Crippen LogP contribution in [0.15, 0.2) is 91.1 Å². The Bertz CT molecular complexity index is 787. The van der Waals surface area contributed by atoms with Gasteiger partial charge >= 0.3 is 0 Å². The van der Waals surface area contributed by atoms with E-state index in [1.165, 1.54) is 22.3 Å². The van der Waals surface area contributed by atoms with Crippen LogP contribution in [-0.4, -0.2) is 6.54 Å². The average molecular weight is 329 g/mol.